The van der Waals surface area contributed by atoms with Gasteiger partial charge in [0.1, 0.15) is 17.5 Å². The lowest BCUT2D eigenvalue weighted by Crippen LogP contribution is -2.41. The predicted molar refractivity (Wildman–Crippen MR) is 122 cm³/mol. The highest BCUT2D eigenvalue weighted by atomic mass is 16.3. The van der Waals surface area contributed by atoms with Crippen LogP contribution >= 0.6 is 0 Å². The number of fused-ring (bicyclic) bond motifs is 3. The van der Waals surface area contributed by atoms with E-state index in [2.05, 4.69) is 23.8 Å². The third kappa shape index (κ3) is 4.01. The zero-order valence-electron chi connectivity index (χ0n) is 18.7. The van der Waals surface area contributed by atoms with Crippen LogP contribution in [-0.4, -0.2) is 26.8 Å². The molecule has 1 aromatic carbocycles. The number of benzene rings is 1. The van der Waals surface area contributed by atoms with Crippen LogP contribution in [0.2, 0.25) is 0 Å². The third-order valence-electron chi connectivity index (χ3n) is 6.41. The van der Waals surface area contributed by atoms with E-state index < -0.39 is 0 Å². The van der Waals surface area contributed by atoms with Crippen molar-refractivity contribution in [1.29, 1.82) is 5.26 Å². The molecule has 6 heteroatoms. The summed E-state index contributed by atoms with van der Waals surface area (Å²) in [5.41, 5.74) is 5.09. The minimum atomic E-state index is 0.0102. The van der Waals surface area contributed by atoms with Gasteiger partial charge in [-0.05, 0) is 50.7 Å². The Morgan fingerprint density at radius 3 is 2.61 bits per heavy atom. The number of phenolic OH excluding ortho intramolecular Hbond substituents is 1. The van der Waals surface area contributed by atoms with Crippen molar-refractivity contribution in [2.75, 3.05) is 5.01 Å². The SMILES string of the molecule is CCC.Cc1cnc2c(n1)CCC1C2=NN(c2ccc(C#N)c(O)c2)C1C1CCCC1. The van der Waals surface area contributed by atoms with E-state index in [9.17, 15) is 5.11 Å². The number of anilines is 1. The van der Waals surface area contributed by atoms with Crippen LogP contribution in [0.15, 0.2) is 29.5 Å². The average molecular weight is 418 g/mol. The van der Waals surface area contributed by atoms with Gasteiger partial charge in [0, 0.05) is 18.2 Å². The molecule has 1 saturated carbocycles. The quantitative estimate of drug-likeness (QED) is 0.733. The van der Waals surface area contributed by atoms with Crippen molar-refractivity contribution in [1.82, 2.24) is 9.97 Å². The summed E-state index contributed by atoms with van der Waals surface area (Å²) < 4.78 is 0. The van der Waals surface area contributed by atoms with Gasteiger partial charge in [-0.1, -0.05) is 33.1 Å². The minimum Gasteiger partial charge on any atom is -0.506 e. The Labute approximate surface area is 184 Å². The summed E-state index contributed by atoms with van der Waals surface area (Å²) in [6.07, 6.45) is 10.0. The normalized spacial score (nSPS) is 22.1. The lowest BCUT2D eigenvalue weighted by molar-refractivity contribution is 0.352. The van der Waals surface area contributed by atoms with Crippen molar-refractivity contribution in [2.24, 2.45) is 16.9 Å². The molecule has 0 amide bonds. The molecular weight excluding hydrogens is 386 g/mol. The van der Waals surface area contributed by atoms with E-state index in [-0.39, 0.29) is 17.4 Å². The molecule has 0 spiro atoms. The second kappa shape index (κ2) is 9.05. The molecule has 5 rings (SSSR count). The molecule has 1 aliphatic heterocycles. The summed E-state index contributed by atoms with van der Waals surface area (Å²) in [6, 6.07) is 7.54. The van der Waals surface area contributed by atoms with Crippen LogP contribution < -0.4 is 5.01 Å². The van der Waals surface area contributed by atoms with Gasteiger partial charge in [-0.2, -0.15) is 10.4 Å². The Morgan fingerprint density at radius 2 is 1.94 bits per heavy atom. The summed E-state index contributed by atoms with van der Waals surface area (Å²) in [5.74, 6) is 0.936. The lowest BCUT2D eigenvalue weighted by atomic mass is 9.77. The second-order valence-electron chi connectivity index (χ2n) is 8.84. The standard InChI is InChI=1S/C22H23N5O.C3H8/c1-13-12-24-21-18(25-13)9-8-17-20(21)26-27(22(17)14-4-2-3-5-14)16-7-6-15(11-23)19(28)10-16;1-3-2/h6-7,10,12,14,17,22,28H,2-5,8-9H2,1H3;3H2,1-2H3. The molecule has 2 atom stereocenters. The number of hydrogen-bond acceptors (Lipinski definition) is 6. The monoisotopic (exact) mass is 417 g/mol. The van der Waals surface area contributed by atoms with Gasteiger partial charge in [0.05, 0.1) is 34.4 Å². The number of phenols is 1. The van der Waals surface area contributed by atoms with Crippen molar-refractivity contribution < 1.29 is 5.11 Å². The van der Waals surface area contributed by atoms with E-state index in [0.29, 0.717) is 11.8 Å². The summed E-state index contributed by atoms with van der Waals surface area (Å²) in [4.78, 5) is 9.38. The molecule has 1 fully saturated rings. The molecule has 2 aromatic rings. The van der Waals surface area contributed by atoms with Crippen LogP contribution in [0.4, 0.5) is 5.69 Å². The van der Waals surface area contributed by atoms with Gasteiger partial charge in [-0.15, -0.1) is 0 Å². The van der Waals surface area contributed by atoms with Gasteiger partial charge in [-0.3, -0.25) is 15.0 Å². The first-order chi connectivity index (χ1) is 15.1. The molecule has 2 heterocycles. The predicted octanol–water partition coefficient (Wildman–Crippen LogP) is 5.12. The van der Waals surface area contributed by atoms with Crippen molar-refractivity contribution in [3.63, 3.8) is 0 Å². The van der Waals surface area contributed by atoms with Gasteiger partial charge in [0.2, 0.25) is 0 Å². The number of aryl methyl sites for hydroxylation is 2. The topological polar surface area (TPSA) is 85.4 Å². The zero-order valence-corrected chi connectivity index (χ0v) is 18.7. The van der Waals surface area contributed by atoms with Gasteiger partial charge in [-0.25, -0.2) is 0 Å². The van der Waals surface area contributed by atoms with Gasteiger partial charge >= 0.3 is 0 Å². The molecule has 0 radical (unpaired) electrons. The number of nitriles is 1. The molecule has 1 N–H and O–H groups in total. The van der Waals surface area contributed by atoms with Gasteiger partial charge in [0.15, 0.2) is 0 Å². The molecule has 2 aliphatic carbocycles. The van der Waals surface area contributed by atoms with Crippen LogP contribution in [0.5, 0.6) is 5.75 Å². The smallest absolute Gasteiger partial charge is 0.135 e. The maximum Gasteiger partial charge on any atom is 0.135 e. The summed E-state index contributed by atoms with van der Waals surface area (Å²) in [7, 11) is 0. The maximum absolute atomic E-state index is 10.2. The summed E-state index contributed by atoms with van der Waals surface area (Å²) in [6.45, 7) is 6.23. The van der Waals surface area contributed by atoms with E-state index >= 15 is 0 Å². The van der Waals surface area contributed by atoms with E-state index in [4.69, 9.17) is 15.3 Å². The minimum absolute atomic E-state index is 0.0102. The third-order valence-corrected chi connectivity index (χ3v) is 6.41. The summed E-state index contributed by atoms with van der Waals surface area (Å²) in [5, 5.41) is 26.5. The number of aromatic hydroxyl groups is 1. The van der Waals surface area contributed by atoms with Crippen molar-refractivity contribution in [3.05, 3.63) is 47.0 Å². The number of nitrogens with zero attached hydrogens (tertiary/aromatic N) is 5. The van der Waals surface area contributed by atoms with Gasteiger partial charge < -0.3 is 5.11 Å². The van der Waals surface area contributed by atoms with Gasteiger partial charge in [0.25, 0.3) is 0 Å². The Morgan fingerprint density at radius 1 is 1.19 bits per heavy atom. The molecule has 1 aromatic heterocycles. The van der Waals surface area contributed by atoms with Crippen molar-refractivity contribution in [2.45, 2.75) is 71.8 Å². The zero-order chi connectivity index (χ0) is 22.0. The first kappa shape index (κ1) is 21.3. The Balaban J connectivity index is 0.000000730. The van der Waals surface area contributed by atoms with Crippen molar-refractivity contribution in [3.8, 4) is 11.8 Å². The molecular formula is C25H31N5O. The molecule has 162 valence electrons. The van der Waals surface area contributed by atoms with Crippen LogP contribution in [0, 0.1) is 30.1 Å². The Bertz CT molecular complexity index is 1020. The lowest BCUT2D eigenvalue weighted by Gasteiger charge is -2.34. The van der Waals surface area contributed by atoms with Crippen LogP contribution in [-0.2, 0) is 6.42 Å². The van der Waals surface area contributed by atoms with E-state index in [1.54, 1.807) is 12.1 Å². The Hall–Kier alpha value is -2.94. The first-order valence-corrected chi connectivity index (χ1v) is 11.5. The number of hydrogen-bond donors (Lipinski definition) is 1. The highest BCUT2D eigenvalue weighted by Gasteiger charge is 2.46. The molecule has 0 bridgehead atoms. The van der Waals surface area contributed by atoms with E-state index in [0.717, 1.165) is 41.3 Å². The Kier molecular flexibility index (Phi) is 6.22. The van der Waals surface area contributed by atoms with Crippen LogP contribution in [0.25, 0.3) is 0 Å². The average Bonchev–Trinajstić information content (AvgIpc) is 3.41. The largest absolute Gasteiger partial charge is 0.506 e. The first-order valence-electron chi connectivity index (χ1n) is 11.5. The molecule has 0 saturated heterocycles. The fourth-order valence-electron chi connectivity index (χ4n) is 5.14. The number of rotatable bonds is 2. The molecule has 31 heavy (non-hydrogen) atoms. The number of hydrazone groups is 1. The highest BCUT2D eigenvalue weighted by Crippen LogP contribution is 2.44. The summed E-state index contributed by atoms with van der Waals surface area (Å²) >= 11 is 0. The fourth-order valence-corrected chi connectivity index (χ4v) is 5.14. The molecule has 3 aliphatic rings. The molecule has 2 unspecified atom stereocenters. The van der Waals surface area contributed by atoms with E-state index in [1.807, 2.05) is 25.3 Å². The second-order valence-corrected chi connectivity index (χ2v) is 8.84. The fraction of sp³-hybridized carbons (Fsp3) is 0.520. The van der Waals surface area contributed by atoms with Crippen LogP contribution in [0.3, 0.4) is 0 Å². The number of aromatic nitrogens is 2. The van der Waals surface area contributed by atoms with Crippen molar-refractivity contribution >= 4 is 11.4 Å². The van der Waals surface area contributed by atoms with E-state index in [1.165, 1.54) is 32.1 Å². The molecule has 6 nitrogen and oxygen atoms in total. The van der Waals surface area contributed by atoms with Crippen LogP contribution in [0.1, 0.15) is 75.0 Å². The maximum atomic E-state index is 10.2. The highest BCUT2D eigenvalue weighted by molar-refractivity contribution is 6.05.